The lowest BCUT2D eigenvalue weighted by Crippen LogP contribution is -2.30. The number of hydrogen-bond donors (Lipinski definition) is 2. The minimum atomic E-state index is 0.0929. The molecular formula is C17H25ClN2S4. The van der Waals surface area contributed by atoms with Crippen molar-refractivity contribution in [2.75, 3.05) is 0 Å². The summed E-state index contributed by atoms with van der Waals surface area (Å²) in [6, 6.07) is 8.61. The van der Waals surface area contributed by atoms with Crippen molar-refractivity contribution in [1.29, 1.82) is 0 Å². The third-order valence-electron chi connectivity index (χ3n) is 3.52. The number of nitrogens with one attached hydrogen (secondary N) is 2. The lowest BCUT2D eigenvalue weighted by Gasteiger charge is -2.21. The molecule has 0 aromatic heterocycles. The number of thiocarbonyl (C=S) groups is 2. The van der Waals surface area contributed by atoms with E-state index in [0.717, 1.165) is 32.1 Å². The molecule has 0 saturated carbocycles. The van der Waals surface area contributed by atoms with Gasteiger partial charge in [-0.3, -0.25) is 0 Å². The predicted octanol–water partition coefficient (Wildman–Crippen LogP) is 6.15. The molecule has 1 aromatic carbocycles. The van der Waals surface area contributed by atoms with E-state index in [4.69, 9.17) is 36.0 Å². The van der Waals surface area contributed by atoms with Crippen LogP contribution in [0.5, 0.6) is 0 Å². The normalized spacial score (nSPS) is 14.5. The molecule has 0 fully saturated rings. The van der Waals surface area contributed by atoms with Gasteiger partial charge in [-0.15, -0.1) is 0 Å². The van der Waals surface area contributed by atoms with E-state index in [1.54, 1.807) is 23.5 Å². The lowest BCUT2D eigenvalue weighted by atomic mass is 10.2. The Balaban J connectivity index is 2.81. The van der Waals surface area contributed by atoms with Crippen molar-refractivity contribution in [2.45, 2.75) is 57.2 Å². The molecule has 0 aliphatic rings. The topological polar surface area (TPSA) is 24.1 Å². The first-order valence-corrected chi connectivity index (χ1v) is 11.0. The maximum atomic E-state index is 6.01. The van der Waals surface area contributed by atoms with Crippen molar-refractivity contribution in [1.82, 2.24) is 10.6 Å². The lowest BCUT2D eigenvalue weighted by molar-refractivity contribution is 0.650. The number of thioether (sulfide) groups is 2. The monoisotopic (exact) mass is 420 g/mol. The molecule has 2 nitrogen and oxygen atoms in total. The largest absolute Gasteiger partial charge is 0.369 e. The van der Waals surface area contributed by atoms with Crippen LogP contribution in [-0.2, 0) is 0 Å². The first-order valence-electron chi connectivity index (χ1n) is 8.05. The molecule has 0 spiro atoms. The van der Waals surface area contributed by atoms with Gasteiger partial charge in [-0.2, -0.15) is 0 Å². The van der Waals surface area contributed by atoms with E-state index in [-0.39, 0.29) is 4.58 Å². The molecule has 0 saturated heterocycles. The number of benzene rings is 1. The number of rotatable bonds is 7. The van der Waals surface area contributed by atoms with E-state index >= 15 is 0 Å². The molecule has 1 rings (SSSR count). The Morgan fingerprint density at radius 3 is 1.75 bits per heavy atom. The fourth-order valence-corrected chi connectivity index (χ4v) is 5.40. The standard InChI is InChI=1S/C17H25ClN2S4/c1-5-11(3)19-16(21)23-15(13-7-9-14(18)10-8-13)24-17(22)20-12(4)6-2/h7-12,15H,5-6H2,1-4H3,(H,19,21)(H,20,22). The van der Waals surface area contributed by atoms with Crippen LogP contribution < -0.4 is 10.6 Å². The molecule has 24 heavy (non-hydrogen) atoms. The SMILES string of the molecule is CCC(C)NC(=S)SC(SC(=S)NC(C)CC)c1ccc(Cl)cc1. The first-order chi connectivity index (χ1) is 11.3. The minimum Gasteiger partial charge on any atom is -0.369 e. The Morgan fingerprint density at radius 2 is 1.38 bits per heavy atom. The van der Waals surface area contributed by atoms with Gasteiger partial charge in [-0.25, -0.2) is 0 Å². The molecule has 0 amide bonds. The Kier molecular flexibility index (Phi) is 10.6. The van der Waals surface area contributed by atoms with E-state index < -0.39 is 0 Å². The third kappa shape index (κ3) is 8.39. The fourth-order valence-electron chi connectivity index (χ4n) is 1.65. The van der Waals surface area contributed by atoms with Crippen molar-refractivity contribution in [3.8, 4) is 0 Å². The van der Waals surface area contributed by atoms with Crippen LogP contribution in [0.3, 0.4) is 0 Å². The summed E-state index contributed by atoms with van der Waals surface area (Å²) in [6.07, 6.45) is 2.07. The van der Waals surface area contributed by atoms with Crippen molar-refractivity contribution in [3.05, 3.63) is 34.9 Å². The molecule has 0 aliphatic carbocycles. The second-order valence-electron chi connectivity index (χ2n) is 5.60. The van der Waals surface area contributed by atoms with Gasteiger partial charge in [0.15, 0.2) is 0 Å². The summed E-state index contributed by atoms with van der Waals surface area (Å²) in [6.45, 7) is 8.54. The van der Waals surface area contributed by atoms with Crippen molar-refractivity contribution < 1.29 is 0 Å². The highest BCUT2D eigenvalue weighted by molar-refractivity contribution is 8.35. The van der Waals surface area contributed by atoms with E-state index in [2.05, 4.69) is 38.3 Å². The maximum Gasteiger partial charge on any atom is 0.135 e. The van der Waals surface area contributed by atoms with Crippen molar-refractivity contribution in [2.24, 2.45) is 0 Å². The highest BCUT2D eigenvalue weighted by atomic mass is 35.5. The van der Waals surface area contributed by atoms with Crippen LogP contribution in [0.2, 0.25) is 5.02 Å². The van der Waals surface area contributed by atoms with Gasteiger partial charge in [0, 0.05) is 17.1 Å². The van der Waals surface area contributed by atoms with Gasteiger partial charge in [-0.05, 0) is 44.4 Å². The van der Waals surface area contributed by atoms with E-state index in [1.165, 1.54) is 0 Å². The highest BCUT2D eigenvalue weighted by Gasteiger charge is 2.19. The van der Waals surface area contributed by atoms with Crippen LogP contribution in [-0.4, -0.2) is 20.7 Å². The van der Waals surface area contributed by atoms with E-state index in [0.29, 0.717) is 12.1 Å². The molecule has 0 aliphatic heterocycles. The van der Waals surface area contributed by atoms with Gasteiger partial charge in [-0.1, -0.05) is 85.5 Å². The fraction of sp³-hybridized carbons (Fsp3) is 0.529. The molecule has 0 bridgehead atoms. The van der Waals surface area contributed by atoms with E-state index in [9.17, 15) is 0 Å². The van der Waals surface area contributed by atoms with Crippen molar-refractivity contribution >= 4 is 68.2 Å². The molecule has 2 N–H and O–H groups in total. The minimum absolute atomic E-state index is 0.0929. The Hall–Kier alpha value is -0.0100. The molecule has 2 atom stereocenters. The highest BCUT2D eigenvalue weighted by Crippen LogP contribution is 2.40. The second kappa shape index (κ2) is 11.6. The average molecular weight is 421 g/mol. The summed E-state index contributed by atoms with van der Waals surface area (Å²) in [5.41, 5.74) is 1.15. The van der Waals surface area contributed by atoms with Gasteiger partial charge in [0.05, 0.1) is 4.58 Å². The third-order valence-corrected chi connectivity index (χ3v) is 6.80. The Labute approximate surface area is 170 Å². The van der Waals surface area contributed by atoms with Crippen LogP contribution in [0.25, 0.3) is 0 Å². The quantitative estimate of drug-likeness (QED) is 0.405. The van der Waals surface area contributed by atoms with Gasteiger partial charge in [0.2, 0.25) is 0 Å². The van der Waals surface area contributed by atoms with Gasteiger partial charge < -0.3 is 10.6 Å². The first kappa shape index (κ1) is 22.0. The Morgan fingerprint density at radius 1 is 0.958 bits per heavy atom. The second-order valence-corrected chi connectivity index (χ2v) is 9.90. The molecular weight excluding hydrogens is 396 g/mol. The predicted molar refractivity (Wildman–Crippen MR) is 120 cm³/mol. The smallest absolute Gasteiger partial charge is 0.135 e. The van der Waals surface area contributed by atoms with Gasteiger partial charge in [0.1, 0.15) is 8.64 Å². The number of hydrogen-bond acceptors (Lipinski definition) is 4. The summed E-state index contributed by atoms with van der Waals surface area (Å²) in [5.74, 6) is 0. The summed E-state index contributed by atoms with van der Waals surface area (Å²) in [4.78, 5) is 0. The van der Waals surface area contributed by atoms with Crippen LogP contribution in [0.4, 0.5) is 0 Å². The molecule has 0 radical (unpaired) electrons. The molecule has 1 aromatic rings. The average Bonchev–Trinajstić information content (AvgIpc) is 2.54. The summed E-state index contributed by atoms with van der Waals surface area (Å²) >= 11 is 20.3. The molecule has 2 unspecified atom stereocenters. The summed E-state index contributed by atoms with van der Waals surface area (Å²) < 4.78 is 1.68. The van der Waals surface area contributed by atoms with Crippen molar-refractivity contribution in [3.63, 3.8) is 0 Å². The van der Waals surface area contributed by atoms with E-state index in [1.807, 2.05) is 24.3 Å². The van der Waals surface area contributed by atoms with Crippen LogP contribution in [0, 0.1) is 0 Å². The molecule has 0 heterocycles. The summed E-state index contributed by atoms with van der Waals surface area (Å²) in [7, 11) is 0. The van der Waals surface area contributed by atoms with Crippen LogP contribution >= 0.6 is 59.6 Å². The van der Waals surface area contributed by atoms with Crippen LogP contribution in [0.15, 0.2) is 24.3 Å². The van der Waals surface area contributed by atoms with Gasteiger partial charge >= 0.3 is 0 Å². The molecule has 7 heteroatoms. The maximum absolute atomic E-state index is 6.01. The zero-order valence-electron chi connectivity index (χ0n) is 14.5. The zero-order chi connectivity index (χ0) is 18.1. The zero-order valence-corrected chi connectivity index (χ0v) is 18.5. The van der Waals surface area contributed by atoms with Gasteiger partial charge in [0.25, 0.3) is 0 Å². The van der Waals surface area contributed by atoms with Crippen LogP contribution in [0.1, 0.15) is 50.7 Å². The Bertz CT molecular complexity index is 510. The summed E-state index contributed by atoms with van der Waals surface area (Å²) in [5, 5.41) is 7.45. The molecule has 134 valence electrons. The number of halogens is 1.